The molecule has 1 aliphatic rings. The smallest absolute Gasteiger partial charge is 0.127 e. The lowest BCUT2D eigenvalue weighted by molar-refractivity contribution is 0.175. The van der Waals surface area contributed by atoms with Crippen LogP contribution in [0.3, 0.4) is 0 Å². The van der Waals surface area contributed by atoms with E-state index in [4.69, 9.17) is 21.3 Å². The van der Waals surface area contributed by atoms with Crippen LogP contribution in [-0.4, -0.2) is 22.8 Å². The predicted molar refractivity (Wildman–Crippen MR) is 77.6 cm³/mol. The standard InChI is InChI=1S/C15H19ClN2O/c1-10(16)15-17-13-5-3-4-6-14(13)18(15)11(2)12-7-8-19-9-12/h3-6,10-12H,7-9H2,1-2H3. The van der Waals surface area contributed by atoms with Crippen LogP contribution in [0.25, 0.3) is 11.0 Å². The third kappa shape index (κ3) is 2.26. The van der Waals surface area contributed by atoms with Crippen LogP contribution in [0.15, 0.2) is 24.3 Å². The summed E-state index contributed by atoms with van der Waals surface area (Å²) in [6, 6.07) is 8.61. The quantitative estimate of drug-likeness (QED) is 0.796. The average Bonchev–Trinajstić information content (AvgIpc) is 3.05. The van der Waals surface area contributed by atoms with Crippen LogP contribution < -0.4 is 0 Å². The number of alkyl halides is 1. The average molecular weight is 279 g/mol. The van der Waals surface area contributed by atoms with Crippen molar-refractivity contribution in [3.63, 3.8) is 0 Å². The van der Waals surface area contributed by atoms with E-state index in [0.717, 1.165) is 31.0 Å². The minimum absolute atomic E-state index is 0.0860. The number of ether oxygens (including phenoxy) is 1. The molecule has 3 atom stereocenters. The highest BCUT2D eigenvalue weighted by Crippen LogP contribution is 2.33. The summed E-state index contributed by atoms with van der Waals surface area (Å²) in [4.78, 5) is 4.69. The highest BCUT2D eigenvalue weighted by Gasteiger charge is 2.27. The molecule has 3 rings (SSSR count). The Balaban J connectivity index is 2.11. The molecule has 0 saturated carbocycles. The number of aromatic nitrogens is 2. The first-order valence-electron chi connectivity index (χ1n) is 6.87. The Labute approximate surface area is 118 Å². The van der Waals surface area contributed by atoms with Crippen molar-refractivity contribution in [3.05, 3.63) is 30.1 Å². The van der Waals surface area contributed by atoms with Crippen molar-refractivity contribution < 1.29 is 4.74 Å². The van der Waals surface area contributed by atoms with E-state index in [1.165, 1.54) is 5.52 Å². The molecule has 1 aromatic carbocycles. The maximum atomic E-state index is 6.32. The lowest BCUT2D eigenvalue weighted by Gasteiger charge is -2.23. The molecule has 3 nitrogen and oxygen atoms in total. The van der Waals surface area contributed by atoms with Crippen LogP contribution in [0.1, 0.15) is 37.5 Å². The van der Waals surface area contributed by atoms with Gasteiger partial charge in [-0.15, -0.1) is 11.6 Å². The van der Waals surface area contributed by atoms with Gasteiger partial charge in [0.1, 0.15) is 5.82 Å². The minimum atomic E-state index is -0.0860. The van der Waals surface area contributed by atoms with Gasteiger partial charge in [0.2, 0.25) is 0 Å². The summed E-state index contributed by atoms with van der Waals surface area (Å²) < 4.78 is 7.82. The van der Waals surface area contributed by atoms with Crippen LogP contribution in [-0.2, 0) is 4.74 Å². The Kier molecular flexibility index (Phi) is 3.50. The molecule has 2 aromatic rings. The van der Waals surface area contributed by atoms with Crippen LogP contribution >= 0.6 is 11.6 Å². The Morgan fingerprint density at radius 1 is 1.37 bits per heavy atom. The van der Waals surface area contributed by atoms with Crippen LogP contribution in [0.2, 0.25) is 0 Å². The number of hydrogen-bond donors (Lipinski definition) is 0. The monoisotopic (exact) mass is 278 g/mol. The van der Waals surface area contributed by atoms with Crippen LogP contribution in [0.5, 0.6) is 0 Å². The summed E-state index contributed by atoms with van der Waals surface area (Å²) >= 11 is 6.32. The Hall–Kier alpha value is -1.06. The van der Waals surface area contributed by atoms with Gasteiger partial charge in [-0.1, -0.05) is 12.1 Å². The molecule has 0 N–H and O–H groups in total. The summed E-state index contributed by atoms with van der Waals surface area (Å²) in [5, 5.41) is -0.0860. The molecule has 1 saturated heterocycles. The zero-order chi connectivity index (χ0) is 13.4. The fraction of sp³-hybridized carbons (Fsp3) is 0.533. The van der Waals surface area contributed by atoms with Gasteiger partial charge >= 0.3 is 0 Å². The predicted octanol–water partition coefficient (Wildman–Crippen LogP) is 3.93. The Morgan fingerprint density at radius 2 is 2.16 bits per heavy atom. The number of rotatable bonds is 3. The molecule has 1 fully saturated rings. The second-order valence-corrected chi connectivity index (χ2v) is 5.96. The van der Waals surface area contributed by atoms with Crippen LogP contribution in [0.4, 0.5) is 0 Å². The summed E-state index contributed by atoms with van der Waals surface area (Å²) in [5.74, 6) is 1.51. The van der Waals surface area contributed by atoms with Gasteiger partial charge in [-0.2, -0.15) is 0 Å². The van der Waals surface area contributed by atoms with Crippen molar-refractivity contribution in [2.75, 3.05) is 13.2 Å². The molecular formula is C15H19ClN2O. The summed E-state index contributed by atoms with van der Waals surface area (Å²) in [6.07, 6.45) is 1.11. The van der Waals surface area contributed by atoms with Crippen molar-refractivity contribution in [2.45, 2.75) is 31.7 Å². The topological polar surface area (TPSA) is 27.1 Å². The summed E-state index contributed by atoms with van der Waals surface area (Å²) in [5.41, 5.74) is 2.19. The SMILES string of the molecule is CC(Cl)c1nc2ccccc2n1C(C)C1CCOC1. The third-order valence-corrected chi connectivity index (χ3v) is 4.23. The Morgan fingerprint density at radius 3 is 2.84 bits per heavy atom. The maximum Gasteiger partial charge on any atom is 0.127 e. The van der Waals surface area contributed by atoms with Gasteiger partial charge < -0.3 is 9.30 Å². The van der Waals surface area contributed by atoms with E-state index in [-0.39, 0.29) is 5.38 Å². The normalized spacial score (nSPS) is 22.8. The van der Waals surface area contributed by atoms with Gasteiger partial charge in [0.05, 0.1) is 23.0 Å². The number of para-hydroxylation sites is 2. The molecule has 0 amide bonds. The van der Waals surface area contributed by atoms with Crippen molar-refractivity contribution >= 4 is 22.6 Å². The van der Waals surface area contributed by atoms with E-state index >= 15 is 0 Å². The van der Waals surface area contributed by atoms with Crippen molar-refractivity contribution in [1.82, 2.24) is 9.55 Å². The van der Waals surface area contributed by atoms with Crippen LogP contribution in [0, 0.1) is 5.92 Å². The Bertz CT molecular complexity index is 573. The second-order valence-electron chi connectivity index (χ2n) is 5.31. The van der Waals surface area contributed by atoms with Gasteiger partial charge in [0, 0.05) is 18.6 Å². The van der Waals surface area contributed by atoms with E-state index in [9.17, 15) is 0 Å². The molecule has 102 valence electrons. The molecule has 0 radical (unpaired) electrons. The molecule has 3 unspecified atom stereocenters. The van der Waals surface area contributed by atoms with E-state index in [2.05, 4.69) is 23.6 Å². The fourth-order valence-electron chi connectivity index (χ4n) is 2.92. The molecule has 1 aliphatic heterocycles. The number of benzene rings is 1. The number of hydrogen-bond acceptors (Lipinski definition) is 2. The maximum absolute atomic E-state index is 6.32. The molecule has 0 aliphatic carbocycles. The molecule has 0 bridgehead atoms. The van der Waals surface area contributed by atoms with E-state index in [1.54, 1.807) is 0 Å². The van der Waals surface area contributed by atoms with Crippen molar-refractivity contribution in [2.24, 2.45) is 5.92 Å². The van der Waals surface area contributed by atoms with Gasteiger partial charge in [0.25, 0.3) is 0 Å². The van der Waals surface area contributed by atoms with Crippen molar-refractivity contribution in [3.8, 4) is 0 Å². The highest BCUT2D eigenvalue weighted by atomic mass is 35.5. The molecule has 1 aromatic heterocycles. The summed E-state index contributed by atoms with van der Waals surface area (Å²) in [7, 11) is 0. The summed E-state index contributed by atoms with van der Waals surface area (Å²) in [6.45, 7) is 5.94. The number of fused-ring (bicyclic) bond motifs is 1. The van der Waals surface area contributed by atoms with E-state index < -0.39 is 0 Å². The number of halogens is 1. The highest BCUT2D eigenvalue weighted by molar-refractivity contribution is 6.20. The van der Waals surface area contributed by atoms with E-state index in [1.807, 2.05) is 19.1 Å². The van der Waals surface area contributed by atoms with Gasteiger partial charge in [-0.05, 0) is 32.4 Å². The first-order chi connectivity index (χ1) is 9.18. The lowest BCUT2D eigenvalue weighted by atomic mass is 10.00. The largest absolute Gasteiger partial charge is 0.381 e. The van der Waals surface area contributed by atoms with Gasteiger partial charge in [0.15, 0.2) is 0 Å². The fourth-order valence-corrected chi connectivity index (χ4v) is 3.07. The molecular weight excluding hydrogens is 260 g/mol. The van der Waals surface area contributed by atoms with E-state index in [0.29, 0.717) is 12.0 Å². The number of imidazole rings is 1. The molecule has 2 heterocycles. The second kappa shape index (κ2) is 5.14. The van der Waals surface area contributed by atoms with Gasteiger partial charge in [-0.25, -0.2) is 4.98 Å². The molecule has 0 spiro atoms. The number of nitrogens with zero attached hydrogens (tertiary/aromatic N) is 2. The third-order valence-electron chi connectivity index (χ3n) is 4.03. The van der Waals surface area contributed by atoms with Crippen molar-refractivity contribution in [1.29, 1.82) is 0 Å². The zero-order valence-electron chi connectivity index (χ0n) is 11.3. The van der Waals surface area contributed by atoms with Gasteiger partial charge in [-0.3, -0.25) is 0 Å². The lowest BCUT2D eigenvalue weighted by Crippen LogP contribution is -2.19. The zero-order valence-corrected chi connectivity index (χ0v) is 12.1. The molecule has 4 heteroatoms. The first kappa shape index (κ1) is 12.9. The first-order valence-corrected chi connectivity index (χ1v) is 7.31. The minimum Gasteiger partial charge on any atom is -0.381 e. The molecule has 19 heavy (non-hydrogen) atoms.